The van der Waals surface area contributed by atoms with E-state index in [9.17, 15) is 0 Å². The minimum atomic E-state index is 0. The lowest BCUT2D eigenvalue weighted by Crippen LogP contribution is -3.00. The van der Waals surface area contributed by atoms with Gasteiger partial charge in [0.1, 0.15) is 5.71 Å². The van der Waals surface area contributed by atoms with Gasteiger partial charge in [-0.2, -0.15) is 0 Å². The Hall–Kier alpha value is -0.900. The van der Waals surface area contributed by atoms with Crippen molar-refractivity contribution in [3.63, 3.8) is 0 Å². The van der Waals surface area contributed by atoms with Crippen molar-refractivity contribution in [1.82, 2.24) is 5.32 Å². The van der Waals surface area contributed by atoms with Crippen molar-refractivity contribution in [2.24, 2.45) is 0 Å². The Bertz CT molecular complexity index is 185. The Morgan fingerprint density at radius 3 is 1.38 bits per heavy atom. The molecule has 0 saturated carbocycles. The summed E-state index contributed by atoms with van der Waals surface area (Å²) in [4.78, 5) is 0. The monoisotopic (exact) mass is 246 g/mol. The van der Waals surface area contributed by atoms with Crippen LogP contribution in [-0.4, -0.2) is 26.6 Å². The fourth-order valence-electron chi connectivity index (χ4n) is 0.529. The smallest absolute Gasteiger partial charge is 0.142 e. The third kappa shape index (κ3) is 38.0. The second-order valence-corrected chi connectivity index (χ2v) is 3.02. The van der Waals surface area contributed by atoms with Crippen LogP contribution in [0, 0.1) is 0 Å². The number of benzene rings is 1. The van der Waals surface area contributed by atoms with Gasteiger partial charge in [0.05, 0.1) is 6.73 Å². The first-order valence-electron chi connectivity index (χ1n) is 4.84. The molecule has 0 unspecified atom stereocenters. The number of ether oxygens (including phenoxy) is 1. The van der Waals surface area contributed by atoms with E-state index in [4.69, 9.17) is 5.41 Å². The molecule has 1 aromatic rings. The largest absolute Gasteiger partial charge is 1.00 e. The molecule has 0 aromatic heterocycles. The summed E-state index contributed by atoms with van der Waals surface area (Å²) in [7, 11) is 3.49. The van der Waals surface area contributed by atoms with Crippen molar-refractivity contribution in [3.8, 4) is 0 Å². The molecule has 0 bridgehead atoms. The molecule has 94 valence electrons. The number of nitrogens with two attached hydrogens (primary N) is 1. The first-order valence-corrected chi connectivity index (χ1v) is 4.84. The second kappa shape index (κ2) is 19.6. The fourth-order valence-corrected chi connectivity index (χ4v) is 0.529. The number of hydrogen-bond donors (Lipinski definition) is 2. The fraction of sp³-hybridized carbons (Fsp3) is 0.417. The molecule has 4 heteroatoms. The highest BCUT2D eigenvalue weighted by atomic mass is 35.5. The van der Waals surface area contributed by atoms with Crippen molar-refractivity contribution in [1.29, 1.82) is 0 Å². The molecule has 0 aliphatic heterocycles. The van der Waals surface area contributed by atoms with Gasteiger partial charge >= 0.3 is 0 Å². The van der Waals surface area contributed by atoms with Gasteiger partial charge in [0.15, 0.2) is 0 Å². The number of halogens is 1. The molecule has 3 nitrogen and oxygen atoms in total. The highest BCUT2D eigenvalue weighted by Gasteiger charge is 1.64. The molecule has 0 atom stereocenters. The number of nitrogens with one attached hydrogen (secondary N) is 1. The Morgan fingerprint density at radius 1 is 1.06 bits per heavy atom. The molecule has 0 aliphatic rings. The van der Waals surface area contributed by atoms with E-state index in [1.54, 1.807) is 7.11 Å². The van der Waals surface area contributed by atoms with Crippen LogP contribution in [0.2, 0.25) is 0 Å². The molecule has 1 rings (SSSR count). The number of hydrogen-bond acceptors (Lipinski definition) is 2. The highest BCUT2D eigenvalue weighted by molar-refractivity contribution is 5.72. The normalized spacial score (nSPS) is 7.25. The lowest BCUT2D eigenvalue weighted by molar-refractivity contribution is -0.115. The van der Waals surface area contributed by atoms with Crippen LogP contribution in [0.4, 0.5) is 0 Å². The quantitative estimate of drug-likeness (QED) is 0.457. The van der Waals surface area contributed by atoms with Crippen molar-refractivity contribution in [3.05, 3.63) is 36.4 Å². The van der Waals surface area contributed by atoms with E-state index in [2.05, 4.69) is 10.1 Å². The zero-order chi connectivity index (χ0) is 11.9. The zero-order valence-corrected chi connectivity index (χ0v) is 11.3. The number of methoxy groups -OCH3 is 1. The van der Waals surface area contributed by atoms with Crippen LogP contribution in [-0.2, 0) is 4.74 Å². The molecule has 0 fully saturated rings. The Balaban J connectivity index is -0.000000158. The van der Waals surface area contributed by atoms with Crippen molar-refractivity contribution in [2.45, 2.75) is 13.8 Å². The summed E-state index contributed by atoms with van der Waals surface area (Å²) in [5.74, 6) is 0. The van der Waals surface area contributed by atoms with Gasteiger partial charge in [-0.25, -0.2) is 0 Å². The molecule has 0 amide bonds. The van der Waals surface area contributed by atoms with Gasteiger partial charge < -0.3 is 17.1 Å². The average molecular weight is 247 g/mol. The Labute approximate surface area is 105 Å². The summed E-state index contributed by atoms with van der Waals surface area (Å²) in [6.45, 7) is 4.36. The van der Waals surface area contributed by atoms with Crippen molar-refractivity contribution < 1.29 is 22.6 Å². The molecular formula is C12H23ClN2O. The van der Waals surface area contributed by atoms with Crippen molar-refractivity contribution in [2.75, 3.05) is 20.9 Å². The summed E-state index contributed by atoms with van der Waals surface area (Å²) >= 11 is 0. The van der Waals surface area contributed by atoms with E-state index in [1.807, 2.05) is 57.3 Å². The molecule has 16 heavy (non-hydrogen) atoms. The lowest BCUT2D eigenvalue weighted by atomic mass is 10.4. The van der Waals surface area contributed by atoms with Gasteiger partial charge in [-0.1, -0.05) is 36.4 Å². The van der Waals surface area contributed by atoms with Gasteiger partial charge in [0.2, 0.25) is 0 Å². The summed E-state index contributed by atoms with van der Waals surface area (Å²) in [5, 5.41) is 7.82. The predicted molar refractivity (Wildman–Crippen MR) is 65.7 cm³/mol. The average Bonchev–Trinajstić information content (AvgIpc) is 2.22. The minimum absolute atomic E-state index is 0. The van der Waals surface area contributed by atoms with E-state index >= 15 is 0 Å². The lowest BCUT2D eigenvalue weighted by Gasteiger charge is -1.88. The zero-order valence-electron chi connectivity index (χ0n) is 10.5. The first-order chi connectivity index (χ1) is 7.15. The SMILES string of the molecule is CC(C)=[NH2+].CNCOC.[Cl-].c1ccccc1. The van der Waals surface area contributed by atoms with Gasteiger partial charge in [0.25, 0.3) is 0 Å². The van der Waals surface area contributed by atoms with Crippen LogP contribution in [0.15, 0.2) is 36.4 Å². The van der Waals surface area contributed by atoms with E-state index < -0.39 is 0 Å². The third-order valence-corrected chi connectivity index (χ3v) is 0.955. The van der Waals surface area contributed by atoms with Crippen LogP contribution in [0.3, 0.4) is 0 Å². The summed E-state index contributed by atoms with van der Waals surface area (Å²) in [5.41, 5.74) is 0.917. The Morgan fingerprint density at radius 2 is 1.31 bits per heavy atom. The van der Waals surface area contributed by atoms with E-state index in [-0.39, 0.29) is 12.4 Å². The van der Waals surface area contributed by atoms with Crippen LogP contribution in [0.5, 0.6) is 0 Å². The molecule has 0 radical (unpaired) electrons. The predicted octanol–water partition coefficient (Wildman–Crippen LogP) is -2.27. The summed E-state index contributed by atoms with van der Waals surface area (Å²) < 4.78 is 4.58. The summed E-state index contributed by atoms with van der Waals surface area (Å²) in [6.07, 6.45) is 0. The minimum Gasteiger partial charge on any atom is -1.00 e. The van der Waals surface area contributed by atoms with Crippen LogP contribution < -0.4 is 23.1 Å². The molecule has 3 N–H and O–H groups in total. The van der Waals surface area contributed by atoms with E-state index in [1.165, 1.54) is 0 Å². The molecule has 0 heterocycles. The standard InChI is InChI=1S/C6H6.C3H9NO.C3H7N.ClH/c1-2-4-6-5-3-1;1-4-3-5-2;1-3(2)4;/h1-6H;4H,3H2,1-2H3;4H,1-2H3;1H. The van der Waals surface area contributed by atoms with E-state index in [0.717, 1.165) is 5.71 Å². The van der Waals surface area contributed by atoms with E-state index in [0.29, 0.717) is 6.73 Å². The maximum absolute atomic E-state index is 5.03. The molecule has 1 aromatic carbocycles. The van der Waals surface area contributed by atoms with Gasteiger partial charge in [-0.3, -0.25) is 10.7 Å². The first kappa shape index (κ1) is 20.5. The third-order valence-electron chi connectivity index (χ3n) is 0.955. The second-order valence-electron chi connectivity index (χ2n) is 3.02. The molecule has 0 saturated heterocycles. The van der Waals surface area contributed by atoms with Gasteiger partial charge in [-0.15, -0.1) is 0 Å². The van der Waals surface area contributed by atoms with Crippen LogP contribution in [0.1, 0.15) is 13.8 Å². The van der Waals surface area contributed by atoms with Crippen LogP contribution >= 0.6 is 0 Å². The maximum Gasteiger partial charge on any atom is 0.142 e. The highest BCUT2D eigenvalue weighted by Crippen LogP contribution is 1.79. The van der Waals surface area contributed by atoms with Gasteiger partial charge in [-0.05, 0) is 7.05 Å². The van der Waals surface area contributed by atoms with Gasteiger partial charge in [0, 0.05) is 21.0 Å². The number of rotatable bonds is 2. The van der Waals surface area contributed by atoms with Crippen molar-refractivity contribution >= 4 is 5.71 Å². The Kier molecular flexibility index (Phi) is 25.2. The topological polar surface area (TPSA) is 46.8 Å². The maximum atomic E-state index is 5.03. The molecule has 0 spiro atoms. The molecular weight excluding hydrogens is 224 g/mol. The summed E-state index contributed by atoms with van der Waals surface area (Å²) in [6, 6.07) is 12.0. The van der Waals surface area contributed by atoms with Crippen LogP contribution in [0.25, 0.3) is 0 Å². The molecule has 0 aliphatic carbocycles.